The van der Waals surface area contributed by atoms with Gasteiger partial charge in [-0.25, -0.2) is 0 Å². The van der Waals surface area contributed by atoms with Crippen LogP contribution in [-0.4, -0.2) is 5.78 Å². The minimum absolute atomic E-state index is 0.0186. The number of hydrogen-bond acceptors (Lipinski definition) is 2. The Hall–Kier alpha value is -1.57. The molecule has 0 saturated heterocycles. The number of carbonyl (C=O) groups excluding carboxylic acids is 1. The van der Waals surface area contributed by atoms with Gasteiger partial charge in [0.05, 0.1) is 0 Å². The molecule has 0 spiro atoms. The summed E-state index contributed by atoms with van der Waals surface area (Å²) in [6, 6.07) is 10.0. The van der Waals surface area contributed by atoms with Crippen molar-refractivity contribution in [3.8, 4) is 0 Å². The summed E-state index contributed by atoms with van der Waals surface area (Å²) in [4.78, 5) is 11.3. The second kappa shape index (κ2) is 3.89. The average Bonchev–Trinajstić information content (AvgIpc) is 2.62. The number of ketones is 1. The van der Waals surface area contributed by atoms with E-state index in [2.05, 4.69) is 0 Å². The monoisotopic (exact) mass is 202 g/mol. The Morgan fingerprint density at radius 1 is 1.33 bits per heavy atom. The first-order valence-electron chi connectivity index (χ1n) is 5.11. The molecule has 0 saturated carbocycles. The summed E-state index contributed by atoms with van der Waals surface area (Å²) in [5.41, 5.74) is 1.96. The van der Waals surface area contributed by atoms with Crippen molar-refractivity contribution < 1.29 is 9.53 Å². The molecule has 2 heteroatoms. The number of ether oxygens (including phenoxy) is 1. The molecule has 2 rings (SSSR count). The van der Waals surface area contributed by atoms with Crippen LogP contribution in [-0.2, 0) is 9.53 Å². The van der Waals surface area contributed by atoms with Gasteiger partial charge in [0, 0.05) is 12.0 Å². The van der Waals surface area contributed by atoms with Gasteiger partial charge in [0.15, 0.2) is 5.78 Å². The molecule has 0 radical (unpaired) electrons. The van der Waals surface area contributed by atoms with Crippen LogP contribution in [0.25, 0.3) is 0 Å². The zero-order chi connectivity index (χ0) is 10.8. The molecule has 2 nitrogen and oxygen atoms in total. The van der Waals surface area contributed by atoms with Crippen molar-refractivity contribution in [2.45, 2.75) is 26.4 Å². The minimum Gasteiger partial charge on any atom is -0.490 e. The third-order valence-electron chi connectivity index (χ3n) is 2.73. The zero-order valence-corrected chi connectivity index (χ0v) is 8.99. The maximum atomic E-state index is 11.3. The van der Waals surface area contributed by atoms with Crippen molar-refractivity contribution in [2.75, 3.05) is 0 Å². The molecule has 1 aliphatic heterocycles. The predicted molar refractivity (Wildman–Crippen MR) is 58.3 cm³/mol. The van der Waals surface area contributed by atoms with E-state index in [9.17, 15) is 4.79 Å². The fourth-order valence-corrected chi connectivity index (χ4v) is 1.90. The van der Waals surface area contributed by atoms with E-state index in [1.54, 1.807) is 6.92 Å². The first-order chi connectivity index (χ1) is 7.18. The summed E-state index contributed by atoms with van der Waals surface area (Å²) in [6.45, 7) is 3.45. The Kier molecular flexibility index (Phi) is 2.58. The Bertz CT molecular complexity index is 404. The molecule has 0 aromatic heterocycles. The highest BCUT2D eigenvalue weighted by molar-refractivity contribution is 5.94. The lowest BCUT2D eigenvalue weighted by molar-refractivity contribution is -0.113. The predicted octanol–water partition coefficient (Wildman–Crippen LogP) is 3.01. The number of benzene rings is 1. The molecule has 1 aromatic rings. The molecule has 15 heavy (non-hydrogen) atoms. The van der Waals surface area contributed by atoms with Gasteiger partial charge in [0.1, 0.15) is 11.9 Å². The fourth-order valence-electron chi connectivity index (χ4n) is 1.90. The molecular formula is C13H14O2. The normalized spacial score (nSPS) is 20.3. The van der Waals surface area contributed by atoms with Gasteiger partial charge in [-0.1, -0.05) is 30.3 Å². The quantitative estimate of drug-likeness (QED) is 0.736. The van der Waals surface area contributed by atoms with Crippen LogP contribution in [0.3, 0.4) is 0 Å². The van der Waals surface area contributed by atoms with Crippen LogP contribution in [0.5, 0.6) is 0 Å². The topological polar surface area (TPSA) is 26.3 Å². The van der Waals surface area contributed by atoms with Crippen molar-refractivity contribution in [3.63, 3.8) is 0 Å². The highest BCUT2D eigenvalue weighted by atomic mass is 16.5. The van der Waals surface area contributed by atoms with Crippen LogP contribution >= 0.6 is 0 Å². The zero-order valence-electron chi connectivity index (χ0n) is 8.99. The van der Waals surface area contributed by atoms with Crippen molar-refractivity contribution in [1.29, 1.82) is 0 Å². The Labute approximate surface area is 89.6 Å². The summed E-state index contributed by atoms with van der Waals surface area (Å²) in [5, 5.41) is 0. The first-order valence-corrected chi connectivity index (χ1v) is 5.11. The third-order valence-corrected chi connectivity index (χ3v) is 2.73. The molecule has 0 bridgehead atoms. The molecule has 1 aromatic carbocycles. The van der Waals surface area contributed by atoms with E-state index in [4.69, 9.17) is 4.74 Å². The Balaban J connectivity index is 2.17. The number of allylic oxidation sites excluding steroid dienone is 1. The van der Waals surface area contributed by atoms with Crippen molar-refractivity contribution in [3.05, 3.63) is 47.2 Å². The van der Waals surface area contributed by atoms with Crippen molar-refractivity contribution >= 4 is 5.78 Å². The van der Waals surface area contributed by atoms with E-state index < -0.39 is 0 Å². The number of carbonyl (C=O) groups is 1. The fraction of sp³-hybridized carbons (Fsp3) is 0.308. The van der Waals surface area contributed by atoms with E-state index in [0.29, 0.717) is 6.42 Å². The van der Waals surface area contributed by atoms with E-state index in [0.717, 1.165) is 16.9 Å². The van der Waals surface area contributed by atoms with Gasteiger partial charge in [-0.15, -0.1) is 0 Å². The SMILES string of the molecule is CC(=O)C1=C(C)OC(c2ccccc2)C1. The Morgan fingerprint density at radius 3 is 2.53 bits per heavy atom. The molecule has 78 valence electrons. The number of rotatable bonds is 2. The van der Waals surface area contributed by atoms with E-state index in [1.165, 1.54) is 0 Å². The van der Waals surface area contributed by atoms with Crippen LogP contribution < -0.4 is 0 Å². The maximum Gasteiger partial charge on any atom is 0.159 e. The smallest absolute Gasteiger partial charge is 0.159 e. The molecular weight excluding hydrogens is 188 g/mol. The average molecular weight is 202 g/mol. The Morgan fingerprint density at radius 2 is 2.00 bits per heavy atom. The molecule has 1 heterocycles. The van der Waals surface area contributed by atoms with E-state index >= 15 is 0 Å². The second-order valence-electron chi connectivity index (χ2n) is 3.81. The van der Waals surface area contributed by atoms with Crippen LogP contribution in [0, 0.1) is 0 Å². The van der Waals surface area contributed by atoms with Crippen molar-refractivity contribution in [1.82, 2.24) is 0 Å². The minimum atomic E-state index is 0.0186. The van der Waals surface area contributed by atoms with Crippen LogP contribution in [0.2, 0.25) is 0 Å². The van der Waals surface area contributed by atoms with Crippen molar-refractivity contribution in [2.24, 2.45) is 0 Å². The third kappa shape index (κ3) is 1.94. The standard InChI is InChI=1S/C13H14O2/c1-9(14)12-8-13(15-10(12)2)11-6-4-3-5-7-11/h3-7,13H,8H2,1-2H3. The lowest BCUT2D eigenvalue weighted by Gasteiger charge is -2.11. The van der Waals surface area contributed by atoms with Gasteiger partial charge in [-0.05, 0) is 19.4 Å². The second-order valence-corrected chi connectivity index (χ2v) is 3.81. The van der Waals surface area contributed by atoms with E-state index in [1.807, 2.05) is 37.3 Å². The van der Waals surface area contributed by atoms with Gasteiger partial charge in [0.25, 0.3) is 0 Å². The molecule has 1 aliphatic rings. The van der Waals surface area contributed by atoms with Crippen LogP contribution in [0.4, 0.5) is 0 Å². The molecule has 1 atom stereocenters. The molecule has 0 amide bonds. The first kappa shape index (κ1) is 9.97. The molecule has 0 aliphatic carbocycles. The molecule has 0 N–H and O–H groups in total. The summed E-state index contributed by atoms with van der Waals surface area (Å²) >= 11 is 0. The van der Waals surface area contributed by atoms with E-state index in [-0.39, 0.29) is 11.9 Å². The summed E-state index contributed by atoms with van der Waals surface area (Å²) < 4.78 is 5.68. The maximum absolute atomic E-state index is 11.3. The van der Waals surface area contributed by atoms with Gasteiger partial charge >= 0.3 is 0 Å². The van der Waals surface area contributed by atoms with Crippen LogP contribution in [0.1, 0.15) is 31.9 Å². The summed E-state index contributed by atoms with van der Waals surface area (Å²) in [7, 11) is 0. The van der Waals surface area contributed by atoms with Crippen LogP contribution in [0.15, 0.2) is 41.7 Å². The summed E-state index contributed by atoms with van der Waals surface area (Å²) in [5.74, 6) is 0.891. The number of hydrogen-bond donors (Lipinski definition) is 0. The van der Waals surface area contributed by atoms with Gasteiger partial charge in [0.2, 0.25) is 0 Å². The summed E-state index contributed by atoms with van der Waals surface area (Å²) in [6.07, 6.45) is 0.718. The van der Waals surface area contributed by atoms with Gasteiger partial charge < -0.3 is 4.74 Å². The van der Waals surface area contributed by atoms with Gasteiger partial charge in [-0.3, -0.25) is 4.79 Å². The molecule has 0 fully saturated rings. The number of Topliss-reactive ketones (excluding diaryl/α,β-unsaturated/α-hetero) is 1. The highest BCUT2D eigenvalue weighted by Crippen LogP contribution is 2.35. The highest BCUT2D eigenvalue weighted by Gasteiger charge is 2.26. The van der Waals surface area contributed by atoms with Gasteiger partial charge in [-0.2, -0.15) is 0 Å². The molecule has 1 unspecified atom stereocenters. The largest absolute Gasteiger partial charge is 0.490 e. The lowest BCUT2D eigenvalue weighted by atomic mass is 10.0. The lowest BCUT2D eigenvalue weighted by Crippen LogP contribution is -1.98.